The molecule has 1 heterocycles. The van der Waals surface area contributed by atoms with E-state index in [4.69, 9.17) is 5.73 Å². The van der Waals surface area contributed by atoms with Crippen molar-refractivity contribution in [2.75, 3.05) is 11.1 Å². The lowest BCUT2D eigenvalue weighted by Crippen LogP contribution is -2.12. The minimum Gasteiger partial charge on any atom is -0.384 e. The molecule has 0 bridgehead atoms. The number of nitrogens with two attached hydrogens (primary N) is 1. The first-order chi connectivity index (χ1) is 9.06. The van der Waals surface area contributed by atoms with Crippen molar-refractivity contribution in [1.82, 2.24) is 4.98 Å². The van der Waals surface area contributed by atoms with E-state index in [1.54, 1.807) is 12.1 Å². The first-order valence-corrected chi connectivity index (χ1v) is 6.19. The molecule has 1 aromatic heterocycles. The van der Waals surface area contributed by atoms with Crippen molar-refractivity contribution < 1.29 is 4.79 Å². The maximum Gasteiger partial charge on any atom is 0.255 e. The fraction of sp³-hybridized carbons (Fsp3) is 0.200. The molecule has 0 atom stereocenters. The number of nitrogen functional groups attached to an aromatic ring is 1. The highest BCUT2D eigenvalue weighted by Crippen LogP contribution is 2.17. The minimum atomic E-state index is -0.189. The van der Waals surface area contributed by atoms with Gasteiger partial charge in [-0.3, -0.25) is 4.79 Å². The molecule has 0 aliphatic carbocycles. The molecule has 1 aromatic carbocycles. The van der Waals surface area contributed by atoms with E-state index in [0.717, 1.165) is 5.69 Å². The van der Waals surface area contributed by atoms with Crippen LogP contribution in [-0.2, 0) is 0 Å². The van der Waals surface area contributed by atoms with Gasteiger partial charge in [0.25, 0.3) is 5.91 Å². The van der Waals surface area contributed by atoms with Crippen LogP contribution in [0.15, 0.2) is 42.6 Å². The molecular formula is C15H17N3O. The van der Waals surface area contributed by atoms with Gasteiger partial charge >= 0.3 is 0 Å². The van der Waals surface area contributed by atoms with Crippen molar-refractivity contribution in [3.05, 3.63) is 53.7 Å². The minimum absolute atomic E-state index is 0.189. The number of nitrogens with zero attached hydrogens (tertiary/aromatic N) is 1. The molecule has 3 N–H and O–H groups in total. The van der Waals surface area contributed by atoms with Gasteiger partial charge in [-0.25, -0.2) is 4.98 Å². The lowest BCUT2D eigenvalue weighted by atomic mass is 10.0. The van der Waals surface area contributed by atoms with E-state index in [0.29, 0.717) is 17.3 Å². The van der Waals surface area contributed by atoms with Crippen molar-refractivity contribution in [2.45, 2.75) is 19.8 Å². The Kier molecular flexibility index (Phi) is 3.80. The van der Waals surface area contributed by atoms with E-state index in [-0.39, 0.29) is 5.91 Å². The topological polar surface area (TPSA) is 68.0 Å². The number of hydrogen-bond acceptors (Lipinski definition) is 3. The first kappa shape index (κ1) is 13.1. The summed E-state index contributed by atoms with van der Waals surface area (Å²) in [5.41, 5.74) is 8.06. The van der Waals surface area contributed by atoms with Crippen LogP contribution in [0.1, 0.15) is 35.7 Å². The van der Waals surface area contributed by atoms with E-state index < -0.39 is 0 Å². The Balaban J connectivity index is 2.10. The predicted molar refractivity (Wildman–Crippen MR) is 77.1 cm³/mol. The molecule has 4 heteroatoms. The number of benzene rings is 1. The van der Waals surface area contributed by atoms with Crippen molar-refractivity contribution in [1.29, 1.82) is 0 Å². The normalized spacial score (nSPS) is 10.5. The lowest BCUT2D eigenvalue weighted by Gasteiger charge is -2.08. The van der Waals surface area contributed by atoms with Crippen LogP contribution in [0, 0.1) is 0 Å². The number of hydrogen-bond donors (Lipinski definition) is 2. The average Bonchev–Trinajstić information content (AvgIpc) is 2.39. The Morgan fingerprint density at radius 3 is 2.47 bits per heavy atom. The Bertz CT molecular complexity index is 576. The molecule has 19 heavy (non-hydrogen) atoms. The van der Waals surface area contributed by atoms with Gasteiger partial charge in [0.1, 0.15) is 5.82 Å². The number of pyridine rings is 1. The van der Waals surface area contributed by atoms with Crippen LogP contribution in [0.3, 0.4) is 0 Å². The zero-order chi connectivity index (χ0) is 13.8. The number of anilines is 2. The summed E-state index contributed by atoms with van der Waals surface area (Å²) in [6.45, 7) is 4.26. The molecule has 1 amide bonds. The summed E-state index contributed by atoms with van der Waals surface area (Å²) in [5.74, 6) is 0.624. The predicted octanol–water partition coefficient (Wildman–Crippen LogP) is 3.04. The Morgan fingerprint density at radius 1 is 1.21 bits per heavy atom. The maximum atomic E-state index is 12.0. The Morgan fingerprint density at radius 2 is 1.89 bits per heavy atom. The summed E-state index contributed by atoms with van der Waals surface area (Å²) >= 11 is 0. The molecule has 0 saturated heterocycles. The summed E-state index contributed by atoms with van der Waals surface area (Å²) in [4.78, 5) is 15.8. The quantitative estimate of drug-likeness (QED) is 0.885. The first-order valence-electron chi connectivity index (χ1n) is 6.19. The maximum absolute atomic E-state index is 12.0. The molecule has 0 aliphatic rings. The summed E-state index contributed by atoms with van der Waals surface area (Å²) in [6.07, 6.45) is 1.52. The van der Waals surface area contributed by atoms with Gasteiger partial charge in [0.15, 0.2) is 0 Å². The molecule has 0 fully saturated rings. The van der Waals surface area contributed by atoms with Gasteiger partial charge in [0.2, 0.25) is 0 Å². The van der Waals surface area contributed by atoms with Crippen LogP contribution in [0.4, 0.5) is 11.5 Å². The van der Waals surface area contributed by atoms with Crippen molar-refractivity contribution in [2.24, 2.45) is 0 Å². The van der Waals surface area contributed by atoms with E-state index in [1.165, 1.54) is 11.8 Å². The fourth-order valence-electron chi connectivity index (χ4n) is 1.74. The van der Waals surface area contributed by atoms with Crippen LogP contribution < -0.4 is 11.1 Å². The third kappa shape index (κ3) is 3.31. The SMILES string of the molecule is CC(C)c1ccc(NC(=O)c2ccnc(N)c2)cc1. The van der Waals surface area contributed by atoms with Crippen molar-refractivity contribution in [3.63, 3.8) is 0 Å². The number of rotatable bonds is 3. The highest BCUT2D eigenvalue weighted by Gasteiger charge is 2.07. The van der Waals surface area contributed by atoms with E-state index in [9.17, 15) is 4.79 Å². The molecule has 0 radical (unpaired) electrons. The molecule has 2 aromatic rings. The van der Waals surface area contributed by atoms with E-state index in [1.807, 2.05) is 24.3 Å². The van der Waals surface area contributed by atoms with Crippen LogP contribution >= 0.6 is 0 Å². The third-order valence-electron chi connectivity index (χ3n) is 2.88. The van der Waals surface area contributed by atoms with E-state index >= 15 is 0 Å². The third-order valence-corrected chi connectivity index (χ3v) is 2.88. The summed E-state index contributed by atoms with van der Waals surface area (Å²) in [7, 11) is 0. The Hall–Kier alpha value is -2.36. The molecule has 2 rings (SSSR count). The number of carbonyl (C=O) groups excluding carboxylic acids is 1. The van der Waals surface area contributed by atoms with E-state index in [2.05, 4.69) is 24.1 Å². The summed E-state index contributed by atoms with van der Waals surface area (Å²) < 4.78 is 0. The van der Waals surface area contributed by atoms with Crippen LogP contribution in [0.25, 0.3) is 0 Å². The van der Waals surface area contributed by atoms with Gasteiger partial charge in [-0.1, -0.05) is 26.0 Å². The van der Waals surface area contributed by atoms with Gasteiger partial charge in [-0.2, -0.15) is 0 Å². The van der Waals surface area contributed by atoms with Gasteiger partial charge in [-0.15, -0.1) is 0 Å². The number of nitrogens with one attached hydrogen (secondary N) is 1. The lowest BCUT2D eigenvalue weighted by molar-refractivity contribution is 0.102. The molecule has 0 aliphatic heterocycles. The monoisotopic (exact) mass is 255 g/mol. The molecule has 4 nitrogen and oxygen atoms in total. The molecule has 0 spiro atoms. The van der Waals surface area contributed by atoms with Gasteiger partial charge in [0.05, 0.1) is 0 Å². The molecule has 0 saturated carbocycles. The largest absolute Gasteiger partial charge is 0.384 e. The number of aromatic nitrogens is 1. The highest BCUT2D eigenvalue weighted by molar-refractivity contribution is 6.04. The standard InChI is InChI=1S/C15H17N3O/c1-10(2)11-3-5-13(6-4-11)18-15(19)12-7-8-17-14(16)9-12/h3-10H,1-2H3,(H2,16,17)(H,18,19). The fourth-order valence-corrected chi connectivity index (χ4v) is 1.74. The summed E-state index contributed by atoms with van der Waals surface area (Å²) in [6, 6.07) is 11.0. The zero-order valence-corrected chi connectivity index (χ0v) is 11.1. The highest BCUT2D eigenvalue weighted by atomic mass is 16.1. The van der Waals surface area contributed by atoms with Crippen LogP contribution in [0.2, 0.25) is 0 Å². The van der Waals surface area contributed by atoms with Gasteiger partial charge in [0, 0.05) is 17.4 Å². The second-order valence-corrected chi connectivity index (χ2v) is 4.70. The van der Waals surface area contributed by atoms with Gasteiger partial charge < -0.3 is 11.1 Å². The second-order valence-electron chi connectivity index (χ2n) is 4.70. The van der Waals surface area contributed by atoms with Crippen LogP contribution in [-0.4, -0.2) is 10.9 Å². The number of amides is 1. The Labute approximate surface area is 112 Å². The second kappa shape index (κ2) is 5.52. The zero-order valence-electron chi connectivity index (χ0n) is 11.1. The average molecular weight is 255 g/mol. The molecule has 98 valence electrons. The number of carbonyl (C=O) groups is 1. The molecular weight excluding hydrogens is 238 g/mol. The van der Waals surface area contributed by atoms with Crippen molar-refractivity contribution in [3.8, 4) is 0 Å². The van der Waals surface area contributed by atoms with Crippen molar-refractivity contribution >= 4 is 17.4 Å². The van der Waals surface area contributed by atoms with Crippen LogP contribution in [0.5, 0.6) is 0 Å². The smallest absolute Gasteiger partial charge is 0.255 e. The van der Waals surface area contributed by atoms with Gasteiger partial charge in [-0.05, 0) is 35.7 Å². The molecule has 0 unspecified atom stereocenters. The summed E-state index contributed by atoms with van der Waals surface area (Å²) in [5, 5.41) is 2.83.